The van der Waals surface area contributed by atoms with E-state index in [1.54, 1.807) is 7.11 Å². The second kappa shape index (κ2) is 6.61. The van der Waals surface area contributed by atoms with Gasteiger partial charge in [0.25, 0.3) is 0 Å². The molecule has 1 atom stereocenters. The lowest BCUT2D eigenvalue weighted by Gasteiger charge is -2.32. The van der Waals surface area contributed by atoms with Crippen LogP contribution in [0.5, 0.6) is 0 Å². The van der Waals surface area contributed by atoms with E-state index < -0.39 is 0 Å². The Morgan fingerprint density at radius 1 is 1.29 bits per heavy atom. The van der Waals surface area contributed by atoms with Crippen LogP contribution >= 0.6 is 0 Å². The standard InChI is InChI=1S/C18H25N5O/c1-13-4-3-5-16(19-13)10-22-9-15(12-24-2)18-17(11-22)20-21-23(18)8-14-6-7-14/h3-5,14-15H,6-12H2,1-2H3/t15-/m1/s1. The van der Waals surface area contributed by atoms with Crippen molar-refractivity contribution in [3.05, 3.63) is 41.0 Å². The average molecular weight is 327 g/mol. The summed E-state index contributed by atoms with van der Waals surface area (Å²) in [5.74, 6) is 1.13. The molecule has 1 saturated carbocycles. The minimum absolute atomic E-state index is 0.331. The third kappa shape index (κ3) is 3.35. The second-order valence-electron chi connectivity index (χ2n) is 7.14. The van der Waals surface area contributed by atoms with E-state index in [0.29, 0.717) is 12.5 Å². The predicted octanol–water partition coefficient (Wildman–Crippen LogP) is 2.14. The van der Waals surface area contributed by atoms with Gasteiger partial charge in [-0.05, 0) is 37.8 Å². The number of methoxy groups -OCH3 is 1. The number of aromatic nitrogens is 4. The third-order valence-corrected chi connectivity index (χ3v) is 4.91. The van der Waals surface area contributed by atoms with Crippen LogP contribution in [0.1, 0.15) is 41.5 Å². The van der Waals surface area contributed by atoms with Crippen molar-refractivity contribution < 1.29 is 4.74 Å². The maximum Gasteiger partial charge on any atom is 0.100 e. The Labute approximate surface area is 142 Å². The Balaban J connectivity index is 1.54. The number of aryl methyl sites for hydroxylation is 1. The van der Waals surface area contributed by atoms with Gasteiger partial charge in [0.15, 0.2) is 0 Å². The first-order valence-electron chi connectivity index (χ1n) is 8.79. The fourth-order valence-electron chi connectivity index (χ4n) is 3.64. The highest BCUT2D eigenvalue weighted by atomic mass is 16.5. The smallest absolute Gasteiger partial charge is 0.100 e. The second-order valence-corrected chi connectivity index (χ2v) is 7.14. The van der Waals surface area contributed by atoms with Crippen molar-refractivity contribution in [2.24, 2.45) is 5.92 Å². The van der Waals surface area contributed by atoms with E-state index in [9.17, 15) is 0 Å². The number of pyridine rings is 1. The molecule has 6 nitrogen and oxygen atoms in total. The Hall–Kier alpha value is -1.79. The van der Waals surface area contributed by atoms with E-state index in [0.717, 1.165) is 49.2 Å². The van der Waals surface area contributed by atoms with Gasteiger partial charge in [-0.3, -0.25) is 9.88 Å². The molecule has 1 aliphatic heterocycles. The zero-order valence-corrected chi connectivity index (χ0v) is 14.5. The molecular weight excluding hydrogens is 302 g/mol. The van der Waals surface area contributed by atoms with Crippen LogP contribution in [0.4, 0.5) is 0 Å². The van der Waals surface area contributed by atoms with E-state index in [1.165, 1.54) is 18.5 Å². The molecule has 2 aliphatic rings. The van der Waals surface area contributed by atoms with Crippen LogP contribution < -0.4 is 0 Å². The lowest BCUT2D eigenvalue weighted by atomic mass is 9.98. The summed E-state index contributed by atoms with van der Waals surface area (Å²) < 4.78 is 7.63. The highest BCUT2D eigenvalue weighted by molar-refractivity contribution is 5.21. The van der Waals surface area contributed by atoms with E-state index in [2.05, 4.69) is 37.0 Å². The van der Waals surface area contributed by atoms with Gasteiger partial charge in [0.1, 0.15) is 5.69 Å². The van der Waals surface area contributed by atoms with Crippen LogP contribution in [0, 0.1) is 12.8 Å². The van der Waals surface area contributed by atoms with Gasteiger partial charge in [0.05, 0.1) is 18.0 Å². The number of hydrogen-bond acceptors (Lipinski definition) is 5. The predicted molar refractivity (Wildman–Crippen MR) is 90.5 cm³/mol. The number of rotatable bonds is 6. The summed E-state index contributed by atoms with van der Waals surface area (Å²) >= 11 is 0. The molecule has 4 rings (SSSR count). The molecule has 3 heterocycles. The van der Waals surface area contributed by atoms with Crippen molar-refractivity contribution in [1.29, 1.82) is 0 Å². The van der Waals surface area contributed by atoms with Gasteiger partial charge in [-0.15, -0.1) is 5.10 Å². The first-order valence-corrected chi connectivity index (χ1v) is 8.79. The van der Waals surface area contributed by atoms with Crippen molar-refractivity contribution in [1.82, 2.24) is 24.9 Å². The minimum Gasteiger partial charge on any atom is -0.384 e. The van der Waals surface area contributed by atoms with Gasteiger partial charge in [-0.25, -0.2) is 4.68 Å². The molecule has 2 aromatic heterocycles. The maximum atomic E-state index is 5.49. The number of hydrogen-bond donors (Lipinski definition) is 0. The molecule has 0 spiro atoms. The largest absolute Gasteiger partial charge is 0.384 e. The fourth-order valence-corrected chi connectivity index (χ4v) is 3.64. The highest BCUT2D eigenvalue weighted by Crippen LogP contribution is 2.34. The molecule has 128 valence electrons. The van der Waals surface area contributed by atoms with E-state index in [4.69, 9.17) is 4.74 Å². The Kier molecular flexibility index (Phi) is 4.33. The summed E-state index contributed by atoms with van der Waals surface area (Å²) in [6.07, 6.45) is 2.66. The number of ether oxygens (including phenoxy) is 1. The molecule has 0 aromatic carbocycles. The number of nitrogens with zero attached hydrogens (tertiary/aromatic N) is 5. The molecule has 6 heteroatoms. The van der Waals surface area contributed by atoms with Gasteiger partial charge in [-0.2, -0.15) is 0 Å². The van der Waals surface area contributed by atoms with E-state index >= 15 is 0 Å². The molecule has 24 heavy (non-hydrogen) atoms. The van der Waals surface area contributed by atoms with Crippen LogP contribution in [0.15, 0.2) is 18.2 Å². The van der Waals surface area contributed by atoms with Crippen molar-refractivity contribution >= 4 is 0 Å². The quantitative estimate of drug-likeness (QED) is 0.813. The van der Waals surface area contributed by atoms with E-state index in [1.807, 2.05) is 13.0 Å². The van der Waals surface area contributed by atoms with Crippen molar-refractivity contribution in [3.63, 3.8) is 0 Å². The lowest BCUT2D eigenvalue weighted by Crippen LogP contribution is -2.36. The summed E-state index contributed by atoms with van der Waals surface area (Å²) in [6.45, 7) is 6.42. The van der Waals surface area contributed by atoms with Crippen LogP contribution in [-0.2, 0) is 24.4 Å². The Morgan fingerprint density at radius 2 is 2.17 bits per heavy atom. The molecule has 0 amide bonds. The molecule has 1 fully saturated rings. The first kappa shape index (κ1) is 15.7. The molecule has 2 aromatic rings. The monoisotopic (exact) mass is 327 g/mol. The van der Waals surface area contributed by atoms with Gasteiger partial charge in [-0.1, -0.05) is 11.3 Å². The van der Waals surface area contributed by atoms with Gasteiger partial charge < -0.3 is 4.74 Å². The molecule has 0 bridgehead atoms. The normalized spacial score (nSPS) is 21.0. The molecular formula is C18H25N5O. The molecule has 0 unspecified atom stereocenters. The van der Waals surface area contributed by atoms with Gasteiger partial charge >= 0.3 is 0 Å². The minimum atomic E-state index is 0.331. The summed E-state index contributed by atoms with van der Waals surface area (Å²) in [6, 6.07) is 6.21. The van der Waals surface area contributed by atoms with Gasteiger partial charge in [0.2, 0.25) is 0 Å². The summed E-state index contributed by atoms with van der Waals surface area (Å²) in [5, 5.41) is 8.91. The zero-order chi connectivity index (χ0) is 16.5. The molecule has 1 aliphatic carbocycles. The van der Waals surface area contributed by atoms with Crippen molar-refractivity contribution in [2.75, 3.05) is 20.3 Å². The SMILES string of the molecule is COC[C@H]1CN(Cc2cccc(C)n2)Cc2nnn(CC3CC3)c21. The molecule has 0 N–H and O–H groups in total. The Morgan fingerprint density at radius 3 is 2.92 bits per heavy atom. The summed E-state index contributed by atoms with van der Waals surface area (Å²) in [5.41, 5.74) is 4.57. The van der Waals surface area contributed by atoms with E-state index in [-0.39, 0.29) is 0 Å². The fraction of sp³-hybridized carbons (Fsp3) is 0.611. The molecule has 0 saturated heterocycles. The van der Waals surface area contributed by atoms with Crippen molar-refractivity contribution in [2.45, 2.75) is 45.3 Å². The lowest BCUT2D eigenvalue weighted by molar-refractivity contribution is 0.130. The van der Waals surface area contributed by atoms with Crippen LogP contribution in [0.2, 0.25) is 0 Å². The topological polar surface area (TPSA) is 56.1 Å². The number of fused-ring (bicyclic) bond motifs is 1. The van der Waals surface area contributed by atoms with Gasteiger partial charge in [0, 0.05) is 44.9 Å². The third-order valence-electron chi connectivity index (χ3n) is 4.91. The summed E-state index contributed by atoms with van der Waals surface area (Å²) in [4.78, 5) is 7.04. The van der Waals surface area contributed by atoms with Crippen LogP contribution in [0.3, 0.4) is 0 Å². The zero-order valence-electron chi connectivity index (χ0n) is 14.5. The average Bonchev–Trinajstić information content (AvgIpc) is 3.27. The first-order chi connectivity index (χ1) is 11.7. The van der Waals surface area contributed by atoms with Crippen molar-refractivity contribution in [3.8, 4) is 0 Å². The maximum absolute atomic E-state index is 5.49. The molecule has 0 radical (unpaired) electrons. The Bertz CT molecular complexity index is 709. The summed E-state index contributed by atoms with van der Waals surface area (Å²) in [7, 11) is 1.77. The van der Waals surface area contributed by atoms with Crippen LogP contribution in [-0.4, -0.2) is 45.1 Å². The van der Waals surface area contributed by atoms with Crippen LogP contribution in [0.25, 0.3) is 0 Å². The highest BCUT2D eigenvalue weighted by Gasteiger charge is 2.33.